The van der Waals surface area contributed by atoms with Crippen molar-refractivity contribution in [3.63, 3.8) is 0 Å². The average Bonchev–Trinajstić information content (AvgIpc) is 2.92. The van der Waals surface area contributed by atoms with Crippen molar-refractivity contribution >= 4 is 32.6 Å². The number of fused-ring (bicyclic) bond motifs is 1. The fourth-order valence-electron chi connectivity index (χ4n) is 4.25. The van der Waals surface area contributed by atoms with Gasteiger partial charge in [0.1, 0.15) is 5.82 Å². The SMILES string of the molecule is CS(=O)(=O)c1cc(F)cc(C(=O)NCc2cc3nc(-c4ccnc(N5CCC(N)C(F)(F)C5)n4)ccc3cn2)c1. The monoisotopic (exact) mass is 571 g/mol. The Balaban J connectivity index is 1.34. The lowest BCUT2D eigenvalue weighted by Crippen LogP contribution is -2.55. The van der Waals surface area contributed by atoms with Gasteiger partial charge in [0.25, 0.3) is 11.8 Å². The van der Waals surface area contributed by atoms with E-state index in [1.54, 1.807) is 30.5 Å². The van der Waals surface area contributed by atoms with Gasteiger partial charge in [0.15, 0.2) is 9.84 Å². The van der Waals surface area contributed by atoms with Crippen LogP contribution in [0.2, 0.25) is 0 Å². The number of piperidine rings is 1. The highest BCUT2D eigenvalue weighted by atomic mass is 32.2. The molecule has 3 aromatic heterocycles. The zero-order valence-electron chi connectivity index (χ0n) is 21.2. The van der Waals surface area contributed by atoms with Crippen LogP contribution in [0.4, 0.5) is 19.1 Å². The number of hydrogen-bond donors (Lipinski definition) is 2. The fourth-order valence-corrected chi connectivity index (χ4v) is 4.92. The molecule has 40 heavy (non-hydrogen) atoms. The predicted octanol–water partition coefficient (Wildman–Crippen LogP) is 2.73. The Kier molecular flexibility index (Phi) is 7.14. The zero-order valence-corrected chi connectivity index (χ0v) is 22.0. The van der Waals surface area contributed by atoms with E-state index < -0.39 is 40.1 Å². The maximum absolute atomic E-state index is 14.2. The number of pyridine rings is 2. The molecule has 1 saturated heterocycles. The van der Waals surface area contributed by atoms with Crippen LogP contribution in [0.3, 0.4) is 0 Å². The van der Waals surface area contributed by atoms with Crippen LogP contribution < -0.4 is 16.0 Å². The molecule has 0 bridgehead atoms. The largest absolute Gasteiger partial charge is 0.346 e. The molecule has 4 aromatic rings. The summed E-state index contributed by atoms with van der Waals surface area (Å²) in [6, 6.07) is 8.47. The molecular weight excluding hydrogens is 547 g/mol. The van der Waals surface area contributed by atoms with Gasteiger partial charge in [-0.15, -0.1) is 0 Å². The first kappa shape index (κ1) is 27.4. The van der Waals surface area contributed by atoms with E-state index in [1.807, 2.05) is 0 Å². The maximum atomic E-state index is 14.2. The second-order valence-electron chi connectivity index (χ2n) is 9.51. The van der Waals surface area contributed by atoms with Gasteiger partial charge in [-0.2, -0.15) is 0 Å². The van der Waals surface area contributed by atoms with Gasteiger partial charge in [-0.05, 0) is 48.9 Å². The Labute approximate surface area is 227 Å². The molecule has 1 unspecified atom stereocenters. The van der Waals surface area contributed by atoms with E-state index in [-0.39, 0.29) is 29.4 Å². The predicted molar refractivity (Wildman–Crippen MR) is 141 cm³/mol. The molecule has 0 saturated carbocycles. The number of anilines is 1. The standard InChI is InChI=1S/C26H24F3N7O3S/c1-40(38,39)19-9-16(8-17(27)10-19)24(37)33-13-18-11-22-15(12-32-18)2-3-20(34-22)21-4-6-31-25(35-21)36-7-5-23(30)26(28,29)14-36/h2-4,6,8-12,23H,5,7,13-14,30H2,1H3,(H,33,37). The average molecular weight is 572 g/mol. The lowest BCUT2D eigenvalue weighted by molar-refractivity contribution is -0.0303. The number of carbonyl (C=O) groups excluding carboxylic acids is 1. The highest BCUT2D eigenvalue weighted by Crippen LogP contribution is 2.29. The normalized spacial score (nSPS) is 17.1. The number of alkyl halides is 2. The fraction of sp³-hybridized carbons (Fsp3) is 0.269. The first-order chi connectivity index (χ1) is 18.9. The summed E-state index contributed by atoms with van der Waals surface area (Å²) in [4.78, 5) is 31.2. The van der Waals surface area contributed by atoms with Crippen molar-refractivity contribution in [1.29, 1.82) is 0 Å². The summed E-state index contributed by atoms with van der Waals surface area (Å²) in [6.45, 7) is -0.305. The molecule has 1 aliphatic rings. The molecule has 1 atom stereocenters. The first-order valence-corrected chi connectivity index (χ1v) is 14.0. The second-order valence-corrected chi connectivity index (χ2v) is 11.5. The van der Waals surface area contributed by atoms with Gasteiger partial charge in [0, 0.05) is 36.1 Å². The Hall–Kier alpha value is -4.17. The van der Waals surface area contributed by atoms with E-state index in [2.05, 4.69) is 25.3 Å². The van der Waals surface area contributed by atoms with Gasteiger partial charge in [0.05, 0.1) is 46.6 Å². The van der Waals surface area contributed by atoms with E-state index in [0.717, 1.165) is 24.5 Å². The van der Waals surface area contributed by atoms with E-state index >= 15 is 0 Å². The number of aromatic nitrogens is 4. The van der Waals surface area contributed by atoms with E-state index in [1.165, 1.54) is 11.1 Å². The second kappa shape index (κ2) is 10.4. The molecule has 208 valence electrons. The number of nitrogens with zero attached hydrogens (tertiary/aromatic N) is 5. The summed E-state index contributed by atoms with van der Waals surface area (Å²) >= 11 is 0. The van der Waals surface area contributed by atoms with Gasteiger partial charge in [-0.3, -0.25) is 9.78 Å². The number of nitrogens with two attached hydrogens (primary N) is 1. The van der Waals surface area contributed by atoms with Crippen LogP contribution in [0, 0.1) is 5.82 Å². The highest BCUT2D eigenvalue weighted by Gasteiger charge is 2.43. The molecule has 3 N–H and O–H groups in total. The molecule has 1 fully saturated rings. The van der Waals surface area contributed by atoms with Crippen LogP contribution in [0.15, 0.2) is 59.8 Å². The topological polar surface area (TPSA) is 144 Å². The Morgan fingerprint density at radius 2 is 1.90 bits per heavy atom. The number of rotatable bonds is 6. The summed E-state index contributed by atoms with van der Waals surface area (Å²) in [5.41, 5.74) is 7.29. The quantitative estimate of drug-likeness (QED) is 0.357. The molecule has 0 spiro atoms. The molecule has 5 rings (SSSR count). The van der Waals surface area contributed by atoms with Crippen molar-refractivity contribution in [2.24, 2.45) is 5.73 Å². The third-order valence-electron chi connectivity index (χ3n) is 6.46. The highest BCUT2D eigenvalue weighted by molar-refractivity contribution is 7.90. The number of sulfone groups is 1. The molecule has 1 amide bonds. The minimum absolute atomic E-state index is 0.0334. The van der Waals surface area contributed by atoms with Crippen molar-refractivity contribution < 1.29 is 26.4 Å². The van der Waals surface area contributed by atoms with Crippen LogP contribution in [0.25, 0.3) is 22.3 Å². The van der Waals surface area contributed by atoms with Gasteiger partial charge in [-0.1, -0.05) is 0 Å². The third kappa shape index (κ3) is 5.87. The third-order valence-corrected chi connectivity index (χ3v) is 7.56. The minimum atomic E-state index is -3.71. The minimum Gasteiger partial charge on any atom is -0.346 e. The lowest BCUT2D eigenvalue weighted by atomic mass is 10.0. The molecular formula is C26H24F3N7O3S. The smallest absolute Gasteiger partial charge is 0.280 e. The van der Waals surface area contributed by atoms with Crippen molar-refractivity contribution in [3.05, 3.63) is 71.9 Å². The van der Waals surface area contributed by atoms with E-state index in [4.69, 9.17) is 5.73 Å². The number of nitrogens with one attached hydrogen (secondary N) is 1. The van der Waals surface area contributed by atoms with Crippen molar-refractivity contribution in [2.45, 2.75) is 29.8 Å². The van der Waals surface area contributed by atoms with Gasteiger partial charge in [0.2, 0.25) is 5.95 Å². The van der Waals surface area contributed by atoms with Crippen LogP contribution in [-0.2, 0) is 16.4 Å². The number of benzene rings is 1. The zero-order chi connectivity index (χ0) is 28.7. The summed E-state index contributed by atoms with van der Waals surface area (Å²) in [5, 5.41) is 3.31. The van der Waals surface area contributed by atoms with Crippen molar-refractivity contribution in [2.75, 3.05) is 24.2 Å². The number of hydrogen-bond acceptors (Lipinski definition) is 9. The molecule has 0 aliphatic carbocycles. The molecule has 1 aliphatic heterocycles. The number of halogens is 3. The Morgan fingerprint density at radius 3 is 2.65 bits per heavy atom. The molecule has 1 aromatic carbocycles. The first-order valence-electron chi connectivity index (χ1n) is 12.2. The molecule has 10 nitrogen and oxygen atoms in total. The van der Waals surface area contributed by atoms with E-state index in [9.17, 15) is 26.4 Å². The molecule has 0 radical (unpaired) electrons. The number of amides is 1. The summed E-state index contributed by atoms with van der Waals surface area (Å²) in [7, 11) is -3.71. The Morgan fingerprint density at radius 1 is 1.12 bits per heavy atom. The van der Waals surface area contributed by atoms with Gasteiger partial charge < -0.3 is 16.0 Å². The van der Waals surface area contributed by atoms with Gasteiger partial charge >= 0.3 is 0 Å². The summed E-state index contributed by atoms with van der Waals surface area (Å²) in [6.07, 6.45) is 4.08. The van der Waals surface area contributed by atoms with Crippen molar-refractivity contribution in [1.82, 2.24) is 25.3 Å². The van der Waals surface area contributed by atoms with Gasteiger partial charge in [-0.25, -0.2) is 36.5 Å². The Bertz CT molecular complexity index is 1720. The van der Waals surface area contributed by atoms with Crippen LogP contribution in [0.1, 0.15) is 22.5 Å². The lowest BCUT2D eigenvalue weighted by Gasteiger charge is -2.36. The van der Waals surface area contributed by atoms with Crippen LogP contribution in [0.5, 0.6) is 0 Å². The van der Waals surface area contributed by atoms with Crippen LogP contribution in [-0.4, -0.2) is 65.6 Å². The maximum Gasteiger partial charge on any atom is 0.280 e. The summed E-state index contributed by atoms with van der Waals surface area (Å²) < 4.78 is 65.7. The number of carbonyl (C=O) groups is 1. The van der Waals surface area contributed by atoms with E-state index in [0.29, 0.717) is 34.5 Å². The van der Waals surface area contributed by atoms with Crippen LogP contribution >= 0.6 is 0 Å². The molecule has 14 heteroatoms. The molecule has 4 heterocycles. The summed E-state index contributed by atoms with van der Waals surface area (Å²) in [5.74, 6) is -4.42. The van der Waals surface area contributed by atoms with Crippen molar-refractivity contribution in [3.8, 4) is 11.4 Å².